The SMILES string of the molecule is COc1cccc(CN2CCC(CCBr)C2)c1. The summed E-state index contributed by atoms with van der Waals surface area (Å²) < 4.78 is 5.25. The minimum absolute atomic E-state index is 0.875. The lowest BCUT2D eigenvalue weighted by atomic mass is 10.1. The molecule has 1 fully saturated rings. The summed E-state index contributed by atoms with van der Waals surface area (Å²) in [5.41, 5.74) is 1.35. The van der Waals surface area contributed by atoms with Gasteiger partial charge in [-0.1, -0.05) is 28.1 Å². The molecule has 17 heavy (non-hydrogen) atoms. The van der Waals surface area contributed by atoms with Gasteiger partial charge in [0.1, 0.15) is 5.75 Å². The predicted molar refractivity (Wildman–Crippen MR) is 74.8 cm³/mol. The smallest absolute Gasteiger partial charge is 0.119 e. The van der Waals surface area contributed by atoms with Crippen molar-refractivity contribution in [2.24, 2.45) is 5.92 Å². The number of nitrogens with zero attached hydrogens (tertiary/aromatic N) is 1. The predicted octanol–water partition coefficient (Wildman–Crippen LogP) is 3.30. The average molecular weight is 298 g/mol. The zero-order valence-corrected chi connectivity index (χ0v) is 11.9. The molecule has 0 spiro atoms. The van der Waals surface area contributed by atoms with Gasteiger partial charge in [0.05, 0.1) is 7.11 Å². The first-order chi connectivity index (χ1) is 8.31. The Morgan fingerprint density at radius 2 is 2.35 bits per heavy atom. The van der Waals surface area contributed by atoms with E-state index in [0.29, 0.717) is 0 Å². The fourth-order valence-electron chi connectivity index (χ4n) is 2.48. The van der Waals surface area contributed by atoms with Crippen molar-refractivity contribution in [3.63, 3.8) is 0 Å². The third kappa shape index (κ3) is 3.71. The van der Waals surface area contributed by atoms with Crippen LogP contribution in [0, 0.1) is 5.92 Å². The zero-order valence-electron chi connectivity index (χ0n) is 10.4. The van der Waals surface area contributed by atoms with E-state index in [2.05, 4.69) is 39.0 Å². The van der Waals surface area contributed by atoms with Gasteiger partial charge in [0, 0.05) is 18.4 Å². The number of rotatable bonds is 5. The van der Waals surface area contributed by atoms with Crippen molar-refractivity contribution < 1.29 is 4.74 Å². The first-order valence-corrected chi connectivity index (χ1v) is 7.35. The molecular weight excluding hydrogens is 278 g/mol. The second kappa shape index (κ2) is 6.41. The van der Waals surface area contributed by atoms with Crippen LogP contribution in [0.25, 0.3) is 0 Å². The number of hydrogen-bond donors (Lipinski definition) is 0. The largest absolute Gasteiger partial charge is 0.497 e. The van der Waals surface area contributed by atoms with Crippen LogP contribution >= 0.6 is 15.9 Å². The molecule has 1 aromatic rings. The van der Waals surface area contributed by atoms with Gasteiger partial charge in [-0.25, -0.2) is 0 Å². The fourth-order valence-corrected chi connectivity index (χ4v) is 3.12. The maximum atomic E-state index is 5.25. The Morgan fingerprint density at radius 3 is 3.12 bits per heavy atom. The lowest BCUT2D eigenvalue weighted by Gasteiger charge is -2.16. The number of alkyl halides is 1. The zero-order chi connectivity index (χ0) is 12.1. The van der Waals surface area contributed by atoms with Gasteiger partial charge in [0.2, 0.25) is 0 Å². The van der Waals surface area contributed by atoms with Crippen LogP contribution in [0.15, 0.2) is 24.3 Å². The van der Waals surface area contributed by atoms with E-state index in [1.54, 1.807) is 7.11 Å². The van der Waals surface area contributed by atoms with Crippen LogP contribution in [0.4, 0.5) is 0 Å². The Kier molecular flexibility index (Phi) is 4.86. The summed E-state index contributed by atoms with van der Waals surface area (Å²) in [5.74, 6) is 1.83. The molecule has 1 atom stereocenters. The molecule has 2 rings (SSSR count). The summed E-state index contributed by atoms with van der Waals surface area (Å²) in [6, 6.07) is 8.39. The molecule has 0 bridgehead atoms. The molecule has 1 aliphatic rings. The number of methoxy groups -OCH3 is 1. The van der Waals surface area contributed by atoms with E-state index in [1.807, 2.05) is 6.07 Å². The number of ether oxygens (including phenoxy) is 1. The molecule has 1 aromatic carbocycles. The first-order valence-electron chi connectivity index (χ1n) is 6.23. The van der Waals surface area contributed by atoms with Crippen LogP contribution in [0.1, 0.15) is 18.4 Å². The van der Waals surface area contributed by atoms with E-state index in [-0.39, 0.29) is 0 Å². The summed E-state index contributed by atoms with van der Waals surface area (Å²) >= 11 is 3.53. The highest BCUT2D eigenvalue weighted by Gasteiger charge is 2.21. The van der Waals surface area contributed by atoms with E-state index < -0.39 is 0 Å². The van der Waals surface area contributed by atoms with Crippen LogP contribution in [-0.4, -0.2) is 30.4 Å². The monoisotopic (exact) mass is 297 g/mol. The Labute approximate surface area is 112 Å². The number of benzene rings is 1. The number of hydrogen-bond acceptors (Lipinski definition) is 2. The molecule has 0 N–H and O–H groups in total. The van der Waals surface area contributed by atoms with E-state index in [4.69, 9.17) is 4.74 Å². The highest BCUT2D eigenvalue weighted by atomic mass is 79.9. The molecule has 0 saturated carbocycles. The first kappa shape index (κ1) is 12.9. The van der Waals surface area contributed by atoms with Crippen molar-refractivity contribution in [1.29, 1.82) is 0 Å². The lowest BCUT2D eigenvalue weighted by molar-refractivity contribution is 0.315. The van der Waals surface area contributed by atoms with Crippen molar-refractivity contribution in [1.82, 2.24) is 4.90 Å². The third-order valence-corrected chi connectivity index (χ3v) is 3.89. The minimum atomic E-state index is 0.875. The highest BCUT2D eigenvalue weighted by Crippen LogP contribution is 2.23. The molecule has 2 nitrogen and oxygen atoms in total. The van der Waals surface area contributed by atoms with Crippen molar-refractivity contribution in [2.45, 2.75) is 19.4 Å². The van der Waals surface area contributed by atoms with Gasteiger partial charge in [-0.2, -0.15) is 0 Å². The molecule has 0 aromatic heterocycles. The van der Waals surface area contributed by atoms with Crippen molar-refractivity contribution in [2.75, 3.05) is 25.5 Å². The second-order valence-electron chi connectivity index (χ2n) is 4.72. The molecule has 1 heterocycles. The molecule has 0 amide bonds. The van der Waals surface area contributed by atoms with Gasteiger partial charge in [-0.15, -0.1) is 0 Å². The van der Waals surface area contributed by atoms with Gasteiger partial charge < -0.3 is 4.74 Å². The Bertz CT molecular complexity index is 356. The Balaban J connectivity index is 1.88. The van der Waals surface area contributed by atoms with E-state index in [1.165, 1.54) is 31.5 Å². The standard InChI is InChI=1S/C14H20BrNO/c1-17-14-4-2-3-13(9-14)11-16-8-6-12(10-16)5-7-15/h2-4,9,12H,5-8,10-11H2,1H3. The van der Waals surface area contributed by atoms with Crippen LogP contribution in [0.2, 0.25) is 0 Å². The molecule has 3 heteroatoms. The minimum Gasteiger partial charge on any atom is -0.497 e. The molecule has 1 saturated heterocycles. The topological polar surface area (TPSA) is 12.5 Å². The highest BCUT2D eigenvalue weighted by molar-refractivity contribution is 9.09. The number of likely N-dealkylation sites (tertiary alicyclic amines) is 1. The summed E-state index contributed by atoms with van der Waals surface area (Å²) in [6.45, 7) is 3.52. The molecule has 1 unspecified atom stereocenters. The van der Waals surface area contributed by atoms with Gasteiger partial charge in [-0.3, -0.25) is 4.90 Å². The fraction of sp³-hybridized carbons (Fsp3) is 0.571. The Morgan fingerprint density at radius 1 is 1.47 bits per heavy atom. The van der Waals surface area contributed by atoms with Crippen LogP contribution in [-0.2, 0) is 6.54 Å². The molecule has 0 radical (unpaired) electrons. The van der Waals surface area contributed by atoms with Gasteiger partial charge in [0.25, 0.3) is 0 Å². The van der Waals surface area contributed by atoms with Gasteiger partial charge in [-0.05, 0) is 43.0 Å². The molecular formula is C14H20BrNO. The lowest BCUT2D eigenvalue weighted by Crippen LogP contribution is -2.20. The molecule has 0 aliphatic carbocycles. The van der Waals surface area contributed by atoms with Gasteiger partial charge >= 0.3 is 0 Å². The van der Waals surface area contributed by atoms with Crippen LogP contribution in [0.3, 0.4) is 0 Å². The van der Waals surface area contributed by atoms with Crippen molar-refractivity contribution >= 4 is 15.9 Å². The number of halogens is 1. The third-order valence-electron chi connectivity index (χ3n) is 3.43. The molecule has 1 aliphatic heterocycles. The average Bonchev–Trinajstić information content (AvgIpc) is 2.77. The second-order valence-corrected chi connectivity index (χ2v) is 5.51. The van der Waals surface area contributed by atoms with E-state index in [0.717, 1.165) is 23.5 Å². The molecule has 94 valence electrons. The summed E-state index contributed by atoms with van der Waals surface area (Å²) in [6.07, 6.45) is 2.64. The quantitative estimate of drug-likeness (QED) is 0.773. The van der Waals surface area contributed by atoms with Crippen molar-refractivity contribution in [3.8, 4) is 5.75 Å². The van der Waals surface area contributed by atoms with E-state index >= 15 is 0 Å². The van der Waals surface area contributed by atoms with E-state index in [9.17, 15) is 0 Å². The van der Waals surface area contributed by atoms with Gasteiger partial charge in [0.15, 0.2) is 0 Å². The summed E-state index contributed by atoms with van der Waals surface area (Å²) in [4.78, 5) is 2.54. The maximum absolute atomic E-state index is 5.25. The summed E-state index contributed by atoms with van der Waals surface area (Å²) in [5, 5.41) is 1.13. The van der Waals surface area contributed by atoms with Crippen molar-refractivity contribution in [3.05, 3.63) is 29.8 Å². The normalized spacial score (nSPS) is 20.7. The Hall–Kier alpha value is -0.540. The summed E-state index contributed by atoms with van der Waals surface area (Å²) in [7, 11) is 1.72. The van der Waals surface area contributed by atoms with Crippen LogP contribution < -0.4 is 4.74 Å². The maximum Gasteiger partial charge on any atom is 0.119 e. The van der Waals surface area contributed by atoms with Crippen LogP contribution in [0.5, 0.6) is 5.75 Å².